The van der Waals surface area contributed by atoms with Gasteiger partial charge in [0.2, 0.25) is 5.88 Å². The van der Waals surface area contributed by atoms with E-state index in [2.05, 4.69) is 11.1 Å². The third-order valence-corrected chi connectivity index (χ3v) is 6.22. The first-order chi connectivity index (χ1) is 17.5. The number of likely N-dealkylation sites (N-methyl/N-ethyl adjacent to an activating group) is 1. The number of ether oxygens (including phenoxy) is 2. The van der Waals surface area contributed by atoms with Crippen LogP contribution in [-0.2, 0) is 18.9 Å². The molecule has 8 nitrogen and oxygen atoms in total. The van der Waals surface area contributed by atoms with Crippen molar-refractivity contribution >= 4 is 24.8 Å². The molecule has 2 aromatic rings. The molecule has 1 aromatic carbocycles. The van der Waals surface area contributed by atoms with Crippen molar-refractivity contribution in [2.75, 3.05) is 27.2 Å². The molecule has 0 amide bonds. The predicted molar refractivity (Wildman–Crippen MR) is 136 cm³/mol. The molecule has 36 heavy (non-hydrogen) atoms. The Bertz CT molecular complexity index is 1150. The molecule has 9 heteroatoms. The van der Waals surface area contributed by atoms with Crippen LogP contribution in [0.15, 0.2) is 65.4 Å². The highest BCUT2D eigenvalue weighted by Gasteiger charge is 2.32. The van der Waals surface area contributed by atoms with E-state index in [4.69, 9.17) is 18.8 Å². The number of nitrogens with zero attached hydrogens (tertiary/aromatic N) is 2. The van der Waals surface area contributed by atoms with Gasteiger partial charge in [-0.25, -0.2) is 4.98 Å². The standard InChI is InChI=1S/C27H31BN2O6/c1-19-6-4-9-26(29-19)35-24-8-5-7-22-23(24)14-15-25(22)34-21-12-10-20(11-13-21)28(33-3)36-27(32)18-30(2)16-17-31/h4,6,8-13,17,25H,5,7,14-16,18H2,1-3H3. The minimum absolute atomic E-state index is 0.000982. The molecule has 0 N–H and O–H groups in total. The number of aldehydes is 1. The highest BCUT2D eigenvalue weighted by atomic mass is 16.6. The van der Waals surface area contributed by atoms with Crippen molar-refractivity contribution < 1.29 is 28.4 Å². The largest absolute Gasteiger partial charge is 0.564 e. The molecule has 1 atom stereocenters. The maximum absolute atomic E-state index is 12.2. The van der Waals surface area contributed by atoms with Gasteiger partial charge in [-0.2, -0.15) is 0 Å². The number of hydrogen-bond donors (Lipinski definition) is 0. The average Bonchev–Trinajstić information content (AvgIpc) is 3.27. The van der Waals surface area contributed by atoms with Crippen LogP contribution in [0.5, 0.6) is 11.6 Å². The van der Waals surface area contributed by atoms with Crippen LogP contribution in [0.1, 0.15) is 31.4 Å². The number of carbonyl (C=O) groups excluding carboxylic acids is 2. The van der Waals surface area contributed by atoms with Gasteiger partial charge in [0.15, 0.2) is 0 Å². The number of benzene rings is 1. The molecule has 188 valence electrons. The summed E-state index contributed by atoms with van der Waals surface area (Å²) in [4.78, 5) is 28.8. The van der Waals surface area contributed by atoms with Crippen LogP contribution in [0.3, 0.4) is 0 Å². The molecule has 0 spiro atoms. The van der Waals surface area contributed by atoms with E-state index in [9.17, 15) is 9.59 Å². The summed E-state index contributed by atoms with van der Waals surface area (Å²) in [5.41, 5.74) is 4.12. The Morgan fingerprint density at radius 2 is 2.00 bits per heavy atom. The fraction of sp³-hybridized carbons (Fsp3) is 0.370. The van der Waals surface area contributed by atoms with Crippen LogP contribution in [0, 0.1) is 6.92 Å². The molecule has 2 aliphatic rings. The zero-order valence-electron chi connectivity index (χ0n) is 20.9. The van der Waals surface area contributed by atoms with Crippen molar-refractivity contribution in [3.8, 4) is 11.6 Å². The second kappa shape index (κ2) is 12.0. The number of rotatable bonds is 11. The molecule has 0 saturated heterocycles. The maximum Gasteiger partial charge on any atom is 0.564 e. The van der Waals surface area contributed by atoms with E-state index in [0.29, 0.717) is 11.3 Å². The highest BCUT2D eigenvalue weighted by molar-refractivity contribution is 6.62. The van der Waals surface area contributed by atoms with Gasteiger partial charge in [0.1, 0.15) is 23.9 Å². The van der Waals surface area contributed by atoms with Gasteiger partial charge >= 0.3 is 13.1 Å². The molecule has 0 fully saturated rings. The lowest BCUT2D eigenvalue weighted by Gasteiger charge is -2.21. The lowest BCUT2D eigenvalue weighted by molar-refractivity contribution is -0.136. The summed E-state index contributed by atoms with van der Waals surface area (Å²) < 4.78 is 23.3. The van der Waals surface area contributed by atoms with E-state index in [1.807, 2.05) is 49.4 Å². The number of allylic oxidation sites excluding steroid dienone is 2. The van der Waals surface area contributed by atoms with Gasteiger partial charge in [0, 0.05) is 18.9 Å². The smallest absolute Gasteiger partial charge is 0.505 e. The van der Waals surface area contributed by atoms with Gasteiger partial charge in [-0.05, 0) is 80.5 Å². The molecule has 0 aliphatic heterocycles. The zero-order valence-corrected chi connectivity index (χ0v) is 20.9. The van der Waals surface area contributed by atoms with Crippen LogP contribution < -0.4 is 14.9 Å². The fourth-order valence-corrected chi connectivity index (χ4v) is 4.49. The summed E-state index contributed by atoms with van der Waals surface area (Å²) >= 11 is 0. The Morgan fingerprint density at radius 1 is 1.19 bits per heavy atom. The first-order valence-corrected chi connectivity index (χ1v) is 12.1. The van der Waals surface area contributed by atoms with Gasteiger partial charge in [-0.1, -0.05) is 18.2 Å². The molecule has 0 bridgehead atoms. The summed E-state index contributed by atoms with van der Waals surface area (Å²) in [6.07, 6.45) is 6.52. The lowest BCUT2D eigenvalue weighted by Crippen LogP contribution is -2.40. The molecule has 4 rings (SSSR count). The molecule has 0 saturated carbocycles. The fourth-order valence-electron chi connectivity index (χ4n) is 4.49. The lowest BCUT2D eigenvalue weighted by atomic mass is 9.79. The predicted octanol–water partition coefficient (Wildman–Crippen LogP) is 3.00. The van der Waals surface area contributed by atoms with E-state index in [1.165, 1.54) is 18.3 Å². The van der Waals surface area contributed by atoms with E-state index in [-0.39, 0.29) is 19.2 Å². The number of hydrogen-bond acceptors (Lipinski definition) is 8. The van der Waals surface area contributed by atoms with Gasteiger partial charge < -0.3 is 23.6 Å². The number of pyridine rings is 1. The van der Waals surface area contributed by atoms with Gasteiger partial charge in [0.25, 0.3) is 0 Å². The number of aromatic nitrogens is 1. The summed E-state index contributed by atoms with van der Waals surface area (Å²) in [6, 6.07) is 13.1. The zero-order chi connectivity index (χ0) is 25.5. The summed E-state index contributed by atoms with van der Waals surface area (Å²) in [5.74, 6) is 1.76. The topological polar surface area (TPSA) is 87.2 Å². The third kappa shape index (κ3) is 6.41. The summed E-state index contributed by atoms with van der Waals surface area (Å²) in [7, 11) is 2.31. The van der Waals surface area contributed by atoms with Crippen molar-refractivity contribution in [2.24, 2.45) is 0 Å². The molecule has 1 heterocycles. The monoisotopic (exact) mass is 490 g/mol. The summed E-state index contributed by atoms with van der Waals surface area (Å²) in [6.45, 7) is 2.11. The first kappa shape index (κ1) is 25.7. The second-order valence-corrected chi connectivity index (χ2v) is 8.97. The molecule has 1 unspecified atom stereocenters. The van der Waals surface area contributed by atoms with Crippen LogP contribution in [-0.4, -0.2) is 62.6 Å². The Kier molecular flexibility index (Phi) is 8.56. The van der Waals surface area contributed by atoms with E-state index in [0.717, 1.165) is 49.2 Å². The molecular weight excluding hydrogens is 459 g/mol. The van der Waals surface area contributed by atoms with Crippen molar-refractivity contribution in [3.63, 3.8) is 0 Å². The van der Waals surface area contributed by atoms with Crippen molar-refractivity contribution in [2.45, 2.75) is 38.7 Å². The SMILES string of the molecule is COB(OC(=O)CN(C)CC=O)c1ccc(OC2CCC3=C2CCC=C3Oc2cccc(C)n2)cc1. The number of aryl methyl sites for hydroxylation is 1. The van der Waals surface area contributed by atoms with Gasteiger partial charge in [0.05, 0.1) is 13.1 Å². The highest BCUT2D eigenvalue weighted by Crippen LogP contribution is 2.40. The minimum atomic E-state index is -0.838. The first-order valence-electron chi connectivity index (χ1n) is 12.1. The van der Waals surface area contributed by atoms with Gasteiger partial charge in [-0.3, -0.25) is 9.69 Å². The van der Waals surface area contributed by atoms with Gasteiger partial charge in [-0.15, -0.1) is 0 Å². The minimum Gasteiger partial charge on any atom is -0.505 e. The van der Waals surface area contributed by atoms with Crippen molar-refractivity contribution in [1.82, 2.24) is 9.88 Å². The second-order valence-electron chi connectivity index (χ2n) is 8.97. The van der Waals surface area contributed by atoms with Crippen molar-refractivity contribution in [3.05, 3.63) is 71.1 Å². The van der Waals surface area contributed by atoms with E-state index >= 15 is 0 Å². The third-order valence-electron chi connectivity index (χ3n) is 6.22. The quantitative estimate of drug-likeness (QED) is 0.351. The Hall–Kier alpha value is -3.43. The maximum atomic E-state index is 12.2. The van der Waals surface area contributed by atoms with E-state index in [1.54, 1.807) is 11.9 Å². The Balaban J connectivity index is 1.38. The van der Waals surface area contributed by atoms with Crippen molar-refractivity contribution in [1.29, 1.82) is 0 Å². The molecule has 1 aromatic heterocycles. The Labute approximate surface area is 212 Å². The van der Waals surface area contributed by atoms with Crippen LogP contribution in [0.25, 0.3) is 0 Å². The normalized spacial score (nSPS) is 16.9. The summed E-state index contributed by atoms with van der Waals surface area (Å²) in [5, 5.41) is 0. The molecular formula is C27H31BN2O6. The average molecular weight is 490 g/mol. The van der Waals surface area contributed by atoms with Crippen LogP contribution >= 0.6 is 0 Å². The van der Waals surface area contributed by atoms with Crippen LogP contribution in [0.4, 0.5) is 0 Å². The molecule has 2 aliphatic carbocycles. The number of carbonyl (C=O) groups is 2. The molecule has 0 radical (unpaired) electrons. The van der Waals surface area contributed by atoms with Crippen LogP contribution in [0.2, 0.25) is 0 Å². The Morgan fingerprint density at radius 3 is 2.72 bits per heavy atom. The van der Waals surface area contributed by atoms with E-state index < -0.39 is 13.1 Å².